The Morgan fingerprint density at radius 2 is 2.20 bits per heavy atom. The zero-order valence-corrected chi connectivity index (χ0v) is 9.30. The predicted octanol–water partition coefficient (Wildman–Crippen LogP) is 1.78. The molecule has 4 heteroatoms. The molecule has 0 aromatic carbocycles. The van der Waals surface area contributed by atoms with Gasteiger partial charge in [-0.2, -0.15) is 0 Å². The van der Waals surface area contributed by atoms with Gasteiger partial charge >= 0.3 is 5.97 Å². The highest BCUT2D eigenvalue weighted by Gasteiger charge is 2.26. The molecule has 1 aromatic rings. The third kappa shape index (κ3) is 3.01. The number of ether oxygens (including phenoxy) is 1. The van der Waals surface area contributed by atoms with Crippen molar-refractivity contribution in [2.24, 2.45) is 5.92 Å². The monoisotopic (exact) mass is 208 g/mol. The molecule has 82 valence electrons. The number of carbonyl (C=O) groups excluding carboxylic acids is 1. The maximum atomic E-state index is 11.7. The van der Waals surface area contributed by atoms with E-state index >= 15 is 0 Å². The lowest BCUT2D eigenvalue weighted by Gasteiger charge is -2.17. The lowest BCUT2D eigenvalue weighted by Crippen LogP contribution is -2.22. The lowest BCUT2D eigenvalue weighted by molar-refractivity contribution is -0.146. The highest BCUT2D eigenvalue weighted by Crippen LogP contribution is 2.23. The van der Waals surface area contributed by atoms with Gasteiger partial charge in [-0.05, 0) is 12.8 Å². The van der Waals surface area contributed by atoms with E-state index < -0.39 is 0 Å². The van der Waals surface area contributed by atoms with E-state index in [0.29, 0.717) is 12.3 Å². The van der Waals surface area contributed by atoms with Gasteiger partial charge in [0.05, 0.1) is 12.3 Å². The third-order valence-electron chi connectivity index (χ3n) is 2.11. The minimum Gasteiger partial charge on any atom is -0.465 e. The summed E-state index contributed by atoms with van der Waals surface area (Å²) < 4.78 is 5.01. The molecule has 0 fully saturated rings. The molecule has 0 radical (unpaired) electrons. The minimum atomic E-state index is -0.321. The number of esters is 1. The molecule has 15 heavy (non-hydrogen) atoms. The molecule has 4 nitrogen and oxygen atoms in total. The van der Waals surface area contributed by atoms with Gasteiger partial charge in [0, 0.05) is 18.6 Å². The Balaban J connectivity index is 2.88. The van der Waals surface area contributed by atoms with Crippen molar-refractivity contribution in [2.75, 3.05) is 6.61 Å². The van der Waals surface area contributed by atoms with Crippen LogP contribution in [0.5, 0.6) is 0 Å². The molecule has 0 aliphatic rings. The van der Waals surface area contributed by atoms with E-state index in [4.69, 9.17) is 4.74 Å². The Labute approximate surface area is 89.7 Å². The first-order chi connectivity index (χ1) is 7.16. The number of hydrogen-bond donors (Lipinski definition) is 0. The third-order valence-corrected chi connectivity index (χ3v) is 2.11. The molecule has 0 spiro atoms. The fourth-order valence-electron chi connectivity index (χ4n) is 1.44. The Morgan fingerprint density at radius 3 is 2.67 bits per heavy atom. The summed E-state index contributed by atoms with van der Waals surface area (Å²) in [6, 6.07) is 0. The van der Waals surface area contributed by atoms with Gasteiger partial charge in [-0.25, -0.2) is 0 Å². The van der Waals surface area contributed by atoms with Crippen LogP contribution in [0.1, 0.15) is 32.4 Å². The summed E-state index contributed by atoms with van der Waals surface area (Å²) in [4.78, 5) is 19.8. The van der Waals surface area contributed by atoms with Crippen molar-refractivity contribution >= 4 is 5.97 Å². The van der Waals surface area contributed by atoms with Crippen molar-refractivity contribution in [3.05, 3.63) is 24.3 Å². The smallest absolute Gasteiger partial charge is 0.315 e. The molecular formula is C11H16N2O2. The van der Waals surface area contributed by atoms with Gasteiger partial charge in [0.2, 0.25) is 0 Å². The van der Waals surface area contributed by atoms with E-state index in [0.717, 1.165) is 0 Å². The molecule has 1 rings (SSSR count). The van der Waals surface area contributed by atoms with E-state index in [1.54, 1.807) is 25.5 Å². The Bertz CT molecular complexity index is 312. The standard InChI is InChI=1S/C11H16N2O2/c1-4-15-11(14)10(8(2)3)9-7-12-5-6-13-9/h5-8,10H,4H2,1-3H3. The second kappa shape index (κ2) is 5.44. The van der Waals surface area contributed by atoms with Crippen LogP contribution in [0.4, 0.5) is 0 Å². The van der Waals surface area contributed by atoms with Crippen molar-refractivity contribution < 1.29 is 9.53 Å². The van der Waals surface area contributed by atoms with Crippen LogP contribution in [0.3, 0.4) is 0 Å². The first kappa shape index (κ1) is 11.6. The summed E-state index contributed by atoms with van der Waals surface area (Å²) in [6.07, 6.45) is 4.79. The Hall–Kier alpha value is -1.45. The number of rotatable bonds is 4. The average molecular weight is 208 g/mol. The Kier molecular flexibility index (Phi) is 4.21. The fourth-order valence-corrected chi connectivity index (χ4v) is 1.44. The fraction of sp³-hybridized carbons (Fsp3) is 0.545. The summed E-state index contributed by atoms with van der Waals surface area (Å²) >= 11 is 0. The number of hydrogen-bond acceptors (Lipinski definition) is 4. The normalized spacial score (nSPS) is 12.5. The molecular weight excluding hydrogens is 192 g/mol. The minimum absolute atomic E-state index is 0.153. The lowest BCUT2D eigenvalue weighted by atomic mass is 9.93. The average Bonchev–Trinajstić information content (AvgIpc) is 2.19. The SMILES string of the molecule is CCOC(=O)C(c1cnccn1)C(C)C. The second-order valence-corrected chi connectivity index (χ2v) is 3.60. The summed E-state index contributed by atoms with van der Waals surface area (Å²) in [5, 5.41) is 0. The zero-order valence-electron chi connectivity index (χ0n) is 9.30. The van der Waals surface area contributed by atoms with Crippen LogP contribution >= 0.6 is 0 Å². The van der Waals surface area contributed by atoms with Gasteiger partial charge in [-0.15, -0.1) is 0 Å². The van der Waals surface area contributed by atoms with Gasteiger partial charge in [-0.1, -0.05) is 13.8 Å². The molecule has 0 saturated heterocycles. The van der Waals surface area contributed by atoms with Gasteiger partial charge in [-0.3, -0.25) is 14.8 Å². The first-order valence-electron chi connectivity index (χ1n) is 5.09. The van der Waals surface area contributed by atoms with E-state index in [1.165, 1.54) is 0 Å². The molecule has 0 saturated carbocycles. The van der Waals surface area contributed by atoms with Crippen molar-refractivity contribution in [2.45, 2.75) is 26.7 Å². The van der Waals surface area contributed by atoms with Gasteiger partial charge in [0.15, 0.2) is 0 Å². The van der Waals surface area contributed by atoms with Crippen molar-refractivity contribution in [3.63, 3.8) is 0 Å². The number of nitrogens with zero attached hydrogens (tertiary/aromatic N) is 2. The summed E-state index contributed by atoms with van der Waals surface area (Å²) in [5.74, 6) is -0.396. The molecule has 1 unspecified atom stereocenters. The highest BCUT2D eigenvalue weighted by molar-refractivity contribution is 5.77. The van der Waals surface area contributed by atoms with E-state index in [1.807, 2.05) is 13.8 Å². The van der Waals surface area contributed by atoms with Crippen LogP contribution in [0.15, 0.2) is 18.6 Å². The summed E-state index contributed by atoms with van der Waals surface area (Å²) in [6.45, 7) is 6.13. The zero-order chi connectivity index (χ0) is 11.3. The molecule has 1 atom stereocenters. The van der Waals surface area contributed by atoms with Crippen LogP contribution in [-0.4, -0.2) is 22.5 Å². The van der Waals surface area contributed by atoms with Crippen molar-refractivity contribution in [1.29, 1.82) is 0 Å². The summed E-state index contributed by atoms with van der Waals surface area (Å²) in [7, 11) is 0. The molecule has 0 amide bonds. The highest BCUT2D eigenvalue weighted by atomic mass is 16.5. The van der Waals surface area contributed by atoms with Crippen LogP contribution in [0, 0.1) is 5.92 Å². The van der Waals surface area contributed by atoms with Gasteiger partial charge in [0.25, 0.3) is 0 Å². The van der Waals surface area contributed by atoms with Crippen molar-refractivity contribution in [1.82, 2.24) is 9.97 Å². The van der Waals surface area contributed by atoms with Gasteiger partial charge in [0.1, 0.15) is 5.92 Å². The largest absolute Gasteiger partial charge is 0.465 e. The first-order valence-corrected chi connectivity index (χ1v) is 5.09. The number of carbonyl (C=O) groups is 1. The molecule has 0 aliphatic heterocycles. The summed E-state index contributed by atoms with van der Waals surface area (Å²) in [5.41, 5.74) is 0.672. The van der Waals surface area contributed by atoms with Crippen LogP contribution in [0.2, 0.25) is 0 Å². The Morgan fingerprint density at radius 1 is 1.47 bits per heavy atom. The molecule has 0 N–H and O–H groups in total. The molecule has 1 heterocycles. The van der Waals surface area contributed by atoms with Crippen LogP contribution in [0.25, 0.3) is 0 Å². The number of aromatic nitrogens is 2. The van der Waals surface area contributed by atoms with E-state index in [-0.39, 0.29) is 17.8 Å². The second-order valence-electron chi connectivity index (χ2n) is 3.60. The predicted molar refractivity (Wildman–Crippen MR) is 56.2 cm³/mol. The van der Waals surface area contributed by atoms with E-state index in [9.17, 15) is 4.79 Å². The topological polar surface area (TPSA) is 52.1 Å². The van der Waals surface area contributed by atoms with Crippen molar-refractivity contribution in [3.8, 4) is 0 Å². The van der Waals surface area contributed by atoms with E-state index in [2.05, 4.69) is 9.97 Å². The maximum Gasteiger partial charge on any atom is 0.315 e. The van der Waals surface area contributed by atoms with Crippen LogP contribution < -0.4 is 0 Å². The molecule has 0 aliphatic carbocycles. The van der Waals surface area contributed by atoms with Gasteiger partial charge < -0.3 is 4.74 Å². The molecule has 0 bridgehead atoms. The van der Waals surface area contributed by atoms with Crippen LogP contribution in [-0.2, 0) is 9.53 Å². The molecule has 1 aromatic heterocycles. The quantitative estimate of drug-likeness (QED) is 0.708. The maximum absolute atomic E-state index is 11.7.